The maximum atomic E-state index is 10.0. The predicted octanol–water partition coefficient (Wildman–Crippen LogP) is 3.08. The highest BCUT2D eigenvalue weighted by atomic mass is 16.3. The Morgan fingerprint density at radius 1 is 1.33 bits per heavy atom. The number of nitrogens with zero attached hydrogens (tertiary/aromatic N) is 1. The van der Waals surface area contributed by atoms with E-state index < -0.39 is 0 Å². The number of hydrogen-bond acceptors (Lipinski definition) is 3. The summed E-state index contributed by atoms with van der Waals surface area (Å²) >= 11 is 0. The lowest BCUT2D eigenvalue weighted by molar-refractivity contribution is 0.114. The van der Waals surface area contributed by atoms with Crippen LogP contribution in [0.25, 0.3) is 0 Å². The summed E-state index contributed by atoms with van der Waals surface area (Å²) in [4.78, 5) is 0. The van der Waals surface area contributed by atoms with Crippen LogP contribution in [0.1, 0.15) is 37.8 Å². The molecule has 1 rings (SSSR count). The number of anilines is 1. The van der Waals surface area contributed by atoms with Crippen molar-refractivity contribution in [3.8, 4) is 6.07 Å². The fourth-order valence-electron chi connectivity index (χ4n) is 2.12. The minimum absolute atomic E-state index is 0.323. The number of aliphatic hydroxyl groups is 1. The Labute approximate surface area is 109 Å². The number of hydrogen-bond donors (Lipinski definition) is 2. The van der Waals surface area contributed by atoms with Gasteiger partial charge in [-0.05, 0) is 36.6 Å². The van der Waals surface area contributed by atoms with Crippen LogP contribution < -0.4 is 5.32 Å². The van der Waals surface area contributed by atoms with Gasteiger partial charge in [0.15, 0.2) is 0 Å². The summed E-state index contributed by atoms with van der Waals surface area (Å²) in [6.45, 7) is 6.67. The molecule has 0 aliphatic rings. The lowest BCUT2D eigenvalue weighted by Crippen LogP contribution is -2.27. The molecular weight excluding hydrogens is 224 g/mol. The highest BCUT2D eigenvalue weighted by Crippen LogP contribution is 2.17. The van der Waals surface area contributed by atoms with Crippen molar-refractivity contribution in [1.82, 2.24) is 0 Å². The summed E-state index contributed by atoms with van der Waals surface area (Å²) in [5.41, 5.74) is 2.61. The molecule has 0 amide bonds. The number of aryl methyl sites for hydroxylation is 1. The van der Waals surface area contributed by atoms with Crippen molar-refractivity contribution < 1.29 is 5.11 Å². The quantitative estimate of drug-likeness (QED) is 0.811. The summed E-state index contributed by atoms with van der Waals surface area (Å²) in [6, 6.07) is 7.78. The lowest BCUT2D eigenvalue weighted by Gasteiger charge is -2.21. The minimum atomic E-state index is -0.323. The van der Waals surface area contributed by atoms with Gasteiger partial charge in [0.1, 0.15) is 0 Å². The Hall–Kier alpha value is -1.53. The largest absolute Gasteiger partial charge is 0.391 e. The molecule has 2 N–H and O–H groups in total. The van der Waals surface area contributed by atoms with E-state index in [2.05, 4.69) is 25.2 Å². The van der Waals surface area contributed by atoms with Crippen molar-refractivity contribution in [3.63, 3.8) is 0 Å². The van der Waals surface area contributed by atoms with E-state index in [4.69, 9.17) is 5.26 Å². The first kappa shape index (κ1) is 14.5. The topological polar surface area (TPSA) is 56.0 Å². The monoisotopic (exact) mass is 246 g/mol. The van der Waals surface area contributed by atoms with Gasteiger partial charge < -0.3 is 10.4 Å². The van der Waals surface area contributed by atoms with E-state index in [0.29, 0.717) is 18.0 Å². The van der Waals surface area contributed by atoms with Gasteiger partial charge in [0.25, 0.3) is 0 Å². The molecule has 0 saturated heterocycles. The first-order valence-electron chi connectivity index (χ1n) is 6.55. The smallest absolute Gasteiger partial charge is 0.0994 e. The normalized spacial score (nSPS) is 12.2. The fraction of sp³-hybridized carbons (Fsp3) is 0.533. The highest BCUT2D eigenvalue weighted by molar-refractivity contribution is 5.51. The third-order valence-electron chi connectivity index (χ3n) is 3.46. The van der Waals surface area contributed by atoms with Crippen LogP contribution in [0.2, 0.25) is 0 Å². The van der Waals surface area contributed by atoms with E-state index in [0.717, 1.165) is 24.1 Å². The Balaban J connectivity index is 2.59. The SMILES string of the molecule is CCC(CC)C(O)CNc1ccc(C#N)c(C)c1. The van der Waals surface area contributed by atoms with Crippen molar-refractivity contribution in [2.45, 2.75) is 39.7 Å². The molecule has 0 bridgehead atoms. The van der Waals surface area contributed by atoms with Crippen LogP contribution >= 0.6 is 0 Å². The third-order valence-corrected chi connectivity index (χ3v) is 3.46. The molecule has 0 aliphatic carbocycles. The first-order valence-corrected chi connectivity index (χ1v) is 6.55. The first-order chi connectivity index (χ1) is 8.62. The molecular formula is C15H22N2O. The summed E-state index contributed by atoms with van der Waals surface area (Å²) < 4.78 is 0. The second-order valence-corrected chi connectivity index (χ2v) is 4.67. The van der Waals surface area contributed by atoms with Crippen LogP contribution in [-0.4, -0.2) is 17.8 Å². The molecule has 0 aromatic heterocycles. The number of aliphatic hydroxyl groups excluding tert-OH is 1. The van der Waals surface area contributed by atoms with Crippen molar-refractivity contribution in [3.05, 3.63) is 29.3 Å². The van der Waals surface area contributed by atoms with Gasteiger partial charge in [0.05, 0.1) is 17.7 Å². The molecule has 1 atom stereocenters. The van der Waals surface area contributed by atoms with Crippen LogP contribution in [0.3, 0.4) is 0 Å². The molecule has 3 heteroatoms. The number of nitrogens with one attached hydrogen (secondary N) is 1. The molecule has 98 valence electrons. The molecule has 18 heavy (non-hydrogen) atoms. The van der Waals surface area contributed by atoms with Gasteiger partial charge in [-0.3, -0.25) is 0 Å². The van der Waals surface area contributed by atoms with E-state index in [9.17, 15) is 5.11 Å². The zero-order valence-electron chi connectivity index (χ0n) is 11.4. The second-order valence-electron chi connectivity index (χ2n) is 4.67. The Bertz CT molecular complexity index is 419. The van der Waals surface area contributed by atoms with Crippen molar-refractivity contribution in [1.29, 1.82) is 5.26 Å². The second kappa shape index (κ2) is 7.03. The fourth-order valence-corrected chi connectivity index (χ4v) is 2.12. The van der Waals surface area contributed by atoms with E-state index in [-0.39, 0.29) is 6.10 Å². The molecule has 1 aromatic rings. The Kier molecular flexibility index (Phi) is 5.67. The van der Waals surface area contributed by atoms with Crippen LogP contribution in [0, 0.1) is 24.2 Å². The maximum Gasteiger partial charge on any atom is 0.0994 e. The maximum absolute atomic E-state index is 10.0. The average molecular weight is 246 g/mol. The molecule has 0 fully saturated rings. The molecule has 0 saturated carbocycles. The average Bonchev–Trinajstić information content (AvgIpc) is 2.38. The Morgan fingerprint density at radius 3 is 2.50 bits per heavy atom. The minimum Gasteiger partial charge on any atom is -0.391 e. The van der Waals surface area contributed by atoms with E-state index in [1.54, 1.807) is 6.07 Å². The van der Waals surface area contributed by atoms with Crippen LogP contribution in [0.5, 0.6) is 0 Å². The van der Waals surface area contributed by atoms with Gasteiger partial charge in [-0.25, -0.2) is 0 Å². The number of benzene rings is 1. The highest BCUT2D eigenvalue weighted by Gasteiger charge is 2.14. The lowest BCUT2D eigenvalue weighted by atomic mass is 9.96. The van der Waals surface area contributed by atoms with Crippen molar-refractivity contribution in [2.24, 2.45) is 5.92 Å². The molecule has 3 nitrogen and oxygen atoms in total. The van der Waals surface area contributed by atoms with Crippen molar-refractivity contribution in [2.75, 3.05) is 11.9 Å². The van der Waals surface area contributed by atoms with Gasteiger partial charge in [-0.15, -0.1) is 0 Å². The van der Waals surface area contributed by atoms with Crippen molar-refractivity contribution >= 4 is 5.69 Å². The van der Waals surface area contributed by atoms with Crippen LogP contribution in [-0.2, 0) is 0 Å². The van der Waals surface area contributed by atoms with E-state index in [1.165, 1.54) is 0 Å². The van der Waals surface area contributed by atoms with E-state index >= 15 is 0 Å². The van der Waals surface area contributed by atoms with Crippen LogP contribution in [0.15, 0.2) is 18.2 Å². The van der Waals surface area contributed by atoms with Gasteiger partial charge in [-0.2, -0.15) is 5.26 Å². The van der Waals surface area contributed by atoms with Gasteiger partial charge in [0.2, 0.25) is 0 Å². The summed E-state index contributed by atoms with van der Waals surface area (Å²) in [5, 5.41) is 22.1. The van der Waals surface area contributed by atoms with E-state index in [1.807, 2.05) is 19.1 Å². The molecule has 0 spiro atoms. The van der Waals surface area contributed by atoms with Crippen LogP contribution in [0.4, 0.5) is 5.69 Å². The molecule has 0 heterocycles. The van der Waals surface area contributed by atoms with Gasteiger partial charge >= 0.3 is 0 Å². The summed E-state index contributed by atoms with van der Waals surface area (Å²) in [7, 11) is 0. The molecule has 1 aromatic carbocycles. The number of rotatable bonds is 6. The Morgan fingerprint density at radius 2 is 2.00 bits per heavy atom. The zero-order valence-corrected chi connectivity index (χ0v) is 11.4. The zero-order chi connectivity index (χ0) is 13.5. The van der Waals surface area contributed by atoms with Gasteiger partial charge in [-0.1, -0.05) is 26.7 Å². The molecule has 0 aliphatic heterocycles. The molecule has 0 radical (unpaired) electrons. The third kappa shape index (κ3) is 3.75. The molecule has 1 unspecified atom stereocenters. The summed E-state index contributed by atoms with van der Waals surface area (Å²) in [5.74, 6) is 0.344. The predicted molar refractivity (Wildman–Crippen MR) is 74.5 cm³/mol. The standard InChI is InChI=1S/C15H22N2O/c1-4-12(5-2)15(18)10-17-14-7-6-13(9-16)11(3)8-14/h6-8,12,15,17-18H,4-5,10H2,1-3H3. The summed E-state index contributed by atoms with van der Waals surface area (Å²) in [6.07, 6.45) is 1.66. The van der Waals surface area contributed by atoms with Gasteiger partial charge in [0, 0.05) is 12.2 Å². The number of nitriles is 1.